The Morgan fingerprint density at radius 1 is 1.05 bits per heavy atom. The third-order valence-electron chi connectivity index (χ3n) is 5.82. The minimum Gasteiger partial charge on any atom is -0.379 e. The highest BCUT2D eigenvalue weighted by molar-refractivity contribution is 4.80. The van der Waals surface area contributed by atoms with Gasteiger partial charge in [0.05, 0.1) is 13.2 Å². The molecule has 0 bridgehead atoms. The highest BCUT2D eigenvalue weighted by atomic mass is 16.5. The fourth-order valence-corrected chi connectivity index (χ4v) is 4.35. The monoisotopic (exact) mass is 310 g/mol. The van der Waals surface area contributed by atoms with Gasteiger partial charge in [-0.25, -0.2) is 0 Å². The van der Waals surface area contributed by atoms with E-state index < -0.39 is 0 Å². The average molecular weight is 311 g/mol. The van der Waals surface area contributed by atoms with E-state index in [-0.39, 0.29) is 0 Å². The second-order valence-electron chi connectivity index (χ2n) is 7.40. The molecule has 2 aliphatic rings. The molecule has 3 heteroatoms. The Balaban J connectivity index is 1.63. The Morgan fingerprint density at radius 2 is 1.77 bits per heavy atom. The maximum Gasteiger partial charge on any atom is 0.0594 e. The lowest BCUT2D eigenvalue weighted by Crippen LogP contribution is -2.40. The van der Waals surface area contributed by atoms with E-state index in [4.69, 9.17) is 4.74 Å². The Hall–Kier alpha value is -0.120. The molecule has 1 saturated carbocycles. The van der Waals surface area contributed by atoms with Gasteiger partial charge in [0.25, 0.3) is 0 Å². The molecule has 0 aromatic heterocycles. The van der Waals surface area contributed by atoms with Gasteiger partial charge in [-0.3, -0.25) is 4.90 Å². The SMILES string of the molecule is CCCNCC[C@H](CC)C1CCC(CN2CCOCC2)CC1. The van der Waals surface area contributed by atoms with Crippen molar-refractivity contribution in [3.8, 4) is 0 Å². The van der Waals surface area contributed by atoms with Crippen molar-refractivity contribution in [1.29, 1.82) is 0 Å². The molecule has 0 aromatic carbocycles. The Kier molecular flexibility index (Phi) is 8.79. The molecule has 1 aliphatic carbocycles. The lowest BCUT2D eigenvalue weighted by molar-refractivity contribution is 0.0250. The summed E-state index contributed by atoms with van der Waals surface area (Å²) < 4.78 is 5.46. The van der Waals surface area contributed by atoms with E-state index >= 15 is 0 Å². The van der Waals surface area contributed by atoms with Crippen LogP contribution in [0.4, 0.5) is 0 Å². The molecule has 2 fully saturated rings. The molecule has 1 N–H and O–H groups in total. The van der Waals surface area contributed by atoms with Gasteiger partial charge in [-0.15, -0.1) is 0 Å². The van der Waals surface area contributed by atoms with Crippen LogP contribution < -0.4 is 5.32 Å². The van der Waals surface area contributed by atoms with Gasteiger partial charge in [-0.1, -0.05) is 20.3 Å². The Bertz CT molecular complexity index is 271. The number of nitrogens with one attached hydrogen (secondary N) is 1. The normalized spacial score (nSPS) is 28.6. The zero-order valence-corrected chi connectivity index (χ0v) is 15.0. The molecule has 3 nitrogen and oxygen atoms in total. The van der Waals surface area contributed by atoms with Crippen LogP contribution in [0, 0.1) is 17.8 Å². The zero-order valence-electron chi connectivity index (χ0n) is 15.0. The van der Waals surface area contributed by atoms with Gasteiger partial charge in [0.15, 0.2) is 0 Å². The van der Waals surface area contributed by atoms with Crippen molar-refractivity contribution in [3.05, 3.63) is 0 Å². The largest absolute Gasteiger partial charge is 0.379 e. The van der Waals surface area contributed by atoms with Crippen LogP contribution in [0.15, 0.2) is 0 Å². The van der Waals surface area contributed by atoms with E-state index in [1.807, 2.05) is 0 Å². The summed E-state index contributed by atoms with van der Waals surface area (Å²) in [4.78, 5) is 2.63. The molecule has 0 unspecified atom stereocenters. The summed E-state index contributed by atoms with van der Waals surface area (Å²) in [5, 5.41) is 3.58. The molecule has 1 saturated heterocycles. The predicted octanol–water partition coefficient (Wildman–Crippen LogP) is 3.54. The van der Waals surface area contributed by atoms with E-state index in [1.54, 1.807) is 0 Å². The molecule has 1 heterocycles. The van der Waals surface area contributed by atoms with E-state index in [1.165, 1.54) is 64.6 Å². The van der Waals surface area contributed by atoms with Crippen LogP contribution in [0.1, 0.15) is 58.8 Å². The van der Waals surface area contributed by atoms with Gasteiger partial charge < -0.3 is 10.1 Å². The Labute approximate surface area is 138 Å². The second-order valence-corrected chi connectivity index (χ2v) is 7.40. The molecule has 1 aliphatic heterocycles. The highest BCUT2D eigenvalue weighted by Crippen LogP contribution is 2.36. The maximum atomic E-state index is 5.46. The van der Waals surface area contributed by atoms with Crippen molar-refractivity contribution in [3.63, 3.8) is 0 Å². The van der Waals surface area contributed by atoms with E-state index in [9.17, 15) is 0 Å². The molecular weight excluding hydrogens is 272 g/mol. The van der Waals surface area contributed by atoms with Crippen LogP contribution in [0.5, 0.6) is 0 Å². The van der Waals surface area contributed by atoms with Crippen LogP contribution >= 0.6 is 0 Å². The summed E-state index contributed by atoms with van der Waals surface area (Å²) in [5.74, 6) is 2.90. The molecule has 22 heavy (non-hydrogen) atoms. The molecule has 0 radical (unpaired) electrons. The summed E-state index contributed by atoms with van der Waals surface area (Å²) in [5.41, 5.74) is 0. The van der Waals surface area contributed by atoms with Gasteiger partial charge >= 0.3 is 0 Å². The molecule has 1 atom stereocenters. The quantitative estimate of drug-likeness (QED) is 0.659. The third kappa shape index (κ3) is 6.17. The molecule has 0 aromatic rings. The van der Waals surface area contributed by atoms with Crippen molar-refractivity contribution >= 4 is 0 Å². The zero-order chi connectivity index (χ0) is 15.6. The highest BCUT2D eigenvalue weighted by Gasteiger charge is 2.27. The third-order valence-corrected chi connectivity index (χ3v) is 5.82. The predicted molar refractivity (Wildman–Crippen MR) is 94.3 cm³/mol. The van der Waals surface area contributed by atoms with Crippen molar-refractivity contribution in [2.75, 3.05) is 45.9 Å². The standard InChI is InChI=1S/C19H38N2O/c1-3-10-20-11-9-18(4-2)19-7-5-17(6-8-19)16-21-12-14-22-15-13-21/h17-20H,3-16H2,1-2H3/t17?,18-,19?/m0/s1. The van der Waals surface area contributed by atoms with Crippen LogP contribution in [-0.4, -0.2) is 50.8 Å². The smallest absolute Gasteiger partial charge is 0.0594 e. The minimum atomic E-state index is 0.942. The van der Waals surface area contributed by atoms with Gasteiger partial charge in [0.2, 0.25) is 0 Å². The molecule has 2 rings (SSSR count). The first-order valence-corrected chi connectivity index (χ1v) is 9.84. The number of ether oxygens (including phenoxy) is 1. The first-order chi connectivity index (χ1) is 10.8. The lowest BCUT2D eigenvalue weighted by Gasteiger charge is -2.37. The van der Waals surface area contributed by atoms with E-state index in [2.05, 4.69) is 24.1 Å². The van der Waals surface area contributed by atoms with Gasteiger partial charge in [0.1, 0.15) is 0 Å². The lowest BCUT2D eigenvalue weighted by atomic mass is 9.73. The van der Waals surface area contributed by atoms with E-state index in [0.29, 0.717) is 0 Å². The van der Waals surface area contributed by atoms with Gasteiger partial charge in [-0.05, 0) is 69.4 Å². The molecule has 0 spiro atoms. The summed E-state index contributed by atoms with van der Waals surface area (Å²) in [7, 11) is 0. The van der Waals surface area contributed by atoms with Gasteiger partial charge in [-0.2, -0.15) is 0 Å². The molecule has 0 amide bonds. The maximum absolute atomic E-state index is 5.46. The topological polar surface area (TPSA) is 24.5 Å². The van der Waals surface area contributed by atoms with Gasteiger partial charge in [0, 0.05) is 19.6 Å². The summed E-state index contributed by atoms with van der Waals surface area (Å²) in [6.07, 6.45) is 9.87. The molecule has 130 valence electrons. The van der Waals surface area contributed by atoms with Crippen LogP contribution in [0.3, 0.4) is 0 Å². The summed E-state index contributed by atoms with van der Waals surface area (Å²) in [6.45, 7) is 12.6. The number of rotatable bonds is 9. The number of hydrogen-bond donors (Lipinski definition) is 1. The van der Waals surface area contributed by atoms with Crippen molar-refractivity contribution in [1.82, 2.24) is 10.2 Å². The van der Waals surface area contributed by atoms with Crippen molar-refractivity contribution in [2.24, 2.45) is 17.8 Å². The van der Waals surface area contributed by atoms with Crippen LogP contribution in [0.25, 0.3) is 0 Å². The summed E-state index contributed by atoms with van der Waals surface area (Å²) >= 11 is 0. The first kappa shape index (κ1) is 18.2. The number of hydrogen-bond acceptors (Lipinski definition) is 3. The second kappa shape index (κ2) is 10.6. The Morgan fingerprint density at radius 3 is 2.41 bits per heavy atom. The van der Waals surface area contributed by atoms with Crippen molar-refractivity contribution in [2.45, 2.75) is 58.8 Å². The molecular formula is C19H38N2O. The number of morpholine rings is 1. The van der Waals surface area contributed by atoms with Crippen molar-refractivity contribution < 1.29 is 4.74 Å². The number of nitrogens with zero attached hydrogens (tertiary/aromatic N) is 1. The van der Waals surface area contributed by atoms with Crippen LogP contribution in [0.2, 0.25) is 0 Å². The van der Waals surface area contributed by atoms with Crippen LogP contribution in [-0.2, 0) is 4.74 Å². The van der Waals surface area contributed by atoms with E-state index in [0.717, 1.165) is 44.1 Å². The fourth-order valence-electron chi connectivity index (χ4n) is 4.35. The first-order valence-electron chi connectivity index (χ1n) is 9.84. The fraction of sp³-hybridized carbons (Fsp3) is 1.00. The summed E-state index contributed by atoms with van der Waals surface area (Å²) in [6, 6.07) is 0. The minimum absolute atomic E-state index is 0.942. The average Bonchev–Trinajstić information content (AvgIpc) is 2.57.